The Morgan fingerprint density at radius 3 is 2.44 bits per heavy atom. The number of aliphatic hydroxyl groups is 1. The SMILES string of the molecule is CCNCC(C)(CC)CN(C)CCC(C)O. The van der Waals surface area contributed by atoms with Gasteiger partial charge in [0.25, 0.3) is 0 Å². The van der Waals surface area contributed by atoms with Crippen LogP contribution in [0.4, 0.5) is 0 Å². The van der Waals surface area contributed by atoms with Gasteiger partial charge in [0.15, 0.2) is 0 Å². The lowest BCUT2D eigenvalue weighted by molar-refractivity contribution is 0.137. The zero-order valence-corrected chi connectivity index (χ0v) is 11.7. The van der Waals surface area contributed by atoms with Gasteiger partial charge in [-0.3, -0.25) is 0 Å². The summed E-state index contributed by atoms with van der Waals surface area (Å²) in [6.07, 6.45) is 1.85. The second-order valence-electron chi connectivity index (χ2n) is 5.32. The van der Waals surface area contributed by atoms with Gasteiger partial charge in [-0.15, -0.1) is 0 Å². The van der Waals surface area contributed by atoms with Crippen LogP contribution in [0.25, 0.3) is 0 Å². The van der Waals surface area contributed by atoms with Gasteiger partial charge in [-0.2, -0.15) is 0 Å². The van der Waals surface area contributed by atoms with E-state index in [-0.39, 0.29) is 6.10 Å². The third kappa shape index (κ3) is 7.20. The van der Waals surface area contributed by atoms with E-state index in [1.807, 2.05) is 6.92 Å². The maximum absolute atomic E-state index is 9.26. The molecule has 0 aliphatic rings. The average Bonchev–Trinajstić information content (AvgIpc) is 2.23. The molecule has 0 heterocycles. The summed E-state index contributed by atoms with van der Waals surface area (Å²) in [6, 6.07) is 0. The highest BCUT2D eigenvalue weighted by Crippen LogP contribution is 2.21. The largest absolute Gasteiger partial charge is 0.393 e. The molecule has 0 fully saturated rings. The van der Waals surface area contributed by atoms with Crippen molar-refractivity contribution in [3.05, 3.63) is 0 Å². The summed E-state index contributed by atoms with van der Waals surface area (Å²) in [5, 5.41) is 12.7. The highest BCUT2D eigenvalue weighted by Gasteiger charge is 2.23. The van der Waals surface area contributed by atoms with E-state index in [2.05, 4.69) is 38.0 Å². The molecule has 0 aromatic heterocycles. The van der Waals surface area contributed by atoms with Gasteiger partial charge in [0.05, 0.1) is 6.10 Å². The molecule has 0 aromatic rings. The van der Waals surface area contributed by atoms with E-state index >= 15 is 0 Å². The van der Waals surface area contributed by atoms with Crippen molar-refractivity contribution < 1.29 is 5.11 Å². The van der Waals surface area contributed by atoms with E-state index in [0.29, 0.717) is 5.41 Å². The standard InChI is InChI=1S/C13H30N2O/c1-6-13(4,10-14-7-2)11-15(5)9-8-12(3)16/h12,14,16H,6-11H2,1-5H3. The first kappa shape index (κ1) is 15.9. The summed E-state index contributed by atoms with van der Waals surface area (Å²) >= 11 is 0. The third-order valence-corrected chi connectivity index (χ3v) is 3.24. The van der Waals surface area contributed by atoms with Crippen molar-refractivity contribution in [2.45, 2.75) is 46.6 Å². The summed E-state index contributed by atoms with van der Waals surface area (Å²) in [5.74, 6) is 0. The van der Waals surface area contributed by atoms with Crippen LogP contribution < -0.4 is 5.32 Å². The highest BCUT2D eigenvalue weighted by atomic mass is 16.3. The third-order valence-electron chi connectivity index (χ3n) is 3.24. The van der Waals surface area contributed by atoms with E-state index in [9.17, 15) is 5.11 Å². The second-order valence-corrected chi connectivity index (χ2v) is 5.32. The van der Waals surface area contributed by atoms with Crippen molar-refractivity contribution in [1.82, 2.24) is 10.2 Å². The molecule has 3 nitrogen and oxygen atoms in total. The van der Waals surface area contributed by atoms with Gasteiger partial charge in [0.2, 0.25) is 0 Å². The van der Waals surface area contributed by atoms with Crippen molar-refractivity contribution in [3.63, 3.8) is 0 Å². The van der Waals surface area contributed by atoms with Crippen LogP contribution in [0.5, 0.6) is 0 Å². The minimum Gasteiger partial charge on any atom is -0.393 e. The van der Waals surface area contributed by atoms with Gasteiger partial charge >= 0.3 is 0 Å². The van der Waals surface area contributed by atoms with Crippen molar-refractivity contribution in [3.8, 4) is 0 Å². The number of rotatable bonds is 9. The van der Waals surface area contributed by atoms with Crippen LogP contribution in [-0.4, -0.2) is 49.3 Å². The minimum atomic E-state index is -0.191. The monoisotopic (exact) mass is 230 g/mol. The number of aliphatic hydroxyl groups excluding tert-OH is 1. The lowest BCUT2D eigenvalue weighted by Crippen LogP contribution is -2.41. The highest BCUT2D eigenvalue weighted by molar-refractivity contribution is 4.78. The first-order valence-electron chi connectivity index (χ1n) is 6.51. The van der Waals surface area contributed by atoms with E-state index in [1.165, 1.54) is 6.42 Å². The maximum Gasteiger partial charge on any atom is 0.0524 e. The van der Waals surface area contributed by atoms with Crippen LogP contribution in [-0.2, 0) is 0 Å². The molecular weight excluding hydrogens is 200 g/mol. The summed E-state index contributed by atoms with van der Waals surface area (Å²) in [7, 11) is 2.14. The van der Waals surface area contributed by atoms with E-state index in [0.717, 1.165) is 32.6 Å². The van der Waals surface area contributed by atoms with Crippen LogP contribution in [0, 0.1) is 5.41 Å². The first-order valence-corrected chi connectivity index (χ1v) is 6.51. The Bertz CT molecular complexity index is 173. The number of nitrogens with one attached hydrogen (secondary N) is 1. The average molecular weight is 230 g/mol. The minimum absolute atomic E-state index is 0.191. The lowest BCUT2D eigenvalue weighted by atomic mass is 9.86. The predicted octanol–water partition coefficient (Wildman–Crippen LogP) is 1.71. The molecule has 0 aliphatic heterocycles. The van der Waals surface area contributed by atoms with Crippen LogP contribution >= 0.6 is 0 Å². The van der Waals surface area contributed by atoms with Crippen LogP contribution in [0.15, 0.2) is 0 Å². The number of nitrogens with zero attached hydrogens (tertiary/aromatic N) is 1. The van der Waals surface area contributed by atoms with Gasteiger partial charge < -0.3 is 15.3 Å². The van der Waals surface area contributed by atoms with Crippen LogP contribution in [0.2, 0.25) is 0 Å². The zero-order chi connectivity index (χ0) is 12.6. The molecule has 2 atom stereocenters. The first-order chi connectivity index (χ1) is 7.43. The molecule has 0 radical (unpaired) electrons. The number of hydrogen-bond acceptors (Lipinski definition) is 3. The maximum atomic E-state index is 9.26. The van der Waals surface area contributed by atoms with Crippen molar-refractivity contribution in [2.24, 2.45) is 5.41 Å². The fraction of sp³-hybridized carbons (Fsp3) is 1.00. The molecule has 0 saturated carbocycles. The summed E-state index contributed by atoms with van der Waals surface area (Å²) in [6.45, 7) is 12.7. The van der Waals surface area contributed by atoms with Crippen molar-refractivity contribution >= 4 is 0 Å². The summed E-state index contributed by atoms with van der Waals surface area (Å²) in [4.78, 5) is 2.33. The van der Waals surface area contributed by atoms with Gasteiger partial charge in [-0.1, -0.05) is 20.8 Å². The quantitative estimate of drug-likeness (QED) is 0.633. The van der Waals surface area contributed by atoms with E-state index in [4.69, 9.17) is 0 Å². The summed E-state index contributed by atoms with van der Waals surface area (Å²) in [5.41, 5.74) is 0.337. The van der Waals surface area contributed by atoms with Gasteiger partial charge in [-0.25, -0.2) is 0 Å². The molecule has 98 valence electrons. The zero-order valence-electron chi connectivity index (χ0n) is 11.7. The van der Waals surface area contributed by atoms with E-state index in [1.54, 1.807) is 0 Å². The van der Waals surface area contributed by atoms with Gasteiger partial charge in [0.1, 0.15) is 0 Å². The molecular formula is C13H30N2O. The Hall–Kier alpha value is -0.120. The molecule has 3 heteroatoms. The topological polar surface area (TPSA) is 35.5 Å². The Labute approximate surface area is 101 Å². The Morgan fingerprint density at radius 1 is 1.38 bits per heavy atom. The number of hydrogen-bond donors (Lipinski definition) is 2. The molecule has 2 N–H and O–H groups in total. The van der Waals surface area contributed by atoms with Crippen LogP contribution in [0.1, 0.15) is 40.5 Å². The fourth-order valence-corrected chi connectivity index (χ4v) is 1.86. The lowest BCUT2D eigenvalue weighted by Gasteiger charge is -2.33. The second kappa shape index (κ2) is 8.04. The Balaban J connectivity index is 3.98. The molecule has 0 bridgehead atoms. The van der Waals surface area contributed by atoms with E-state index < -0.39 is 0 Å². The normalized spacial score (nSPS) is 17.4. The Kier molecular flexibility index (Phi) is 7.98. The van der Waals surface area contributed by atoms with Crippen molar-refractivity contribution in [2.75, 3.05) is 33.2 Å². The van der Waals surface area contributed by atoms with Crippen molar-refractivity contribution in [1.29, 1.82) is 0 Å². The smallest absolute Gasteiger partial charge is 0.0524 e. The molecule has 16 heavy (non-hydrogen) atoms. The van der Waals surface area contributed by atoms with Gasteiger partial charge in [0, 0.05) is 19.6 Å². The molecule has 0 saturated heterocycles. The van der Waals surface area contributed by atoms with Crippen LogP contribution in [0.3, 0.4) is 0 Å². The predicted molar refractivity (Wildman–Crippen MR) is 70.7 cm³/mol. The molecule has 0 rings (SSSR count). The Morgan fingerprint density at radius 2 is 2.00 bits per heavy atom. The molecule has 0 amide bonds. The molecule has 2 unspecified atom stereocenters. The fourth-order valence-electron chi connectivity index (χ4n) is 1.86. The summed E-state index contributed by atoms with van der Waals surface area (Å²) < 4.78 is 0. The molecule has 0 spiro atoms. The molecule has 0 aromatic carbocycles. The van der Waals surface area contributed by atoms with Gasteiger partial charge in [-0.05, 0) is 38.8 Å². The molecule has 0 aliphatic carbocycles.